The highest BCUT2D eigenvalue weighted by molar-refractivity contribution is 5.97. The number of fused-ring (bicyclic) bond motifs is 6. The van der Waals surface area contributed by atoms with E-state index in [1.165, 1.54) is 42.4 Å². The van der Waals surface area contributed by atoms with Crippen LogP contribution < -0.4 is 5.32 Å². The van der Waals surface area contributed by atoms with Gasteiger partial charge in [-0.25, -0.2) is 0 Å². The van der Waals surface area contributed by atoms with Crippen LogP contribution in [0.5, 0.6) is 0 Å². The van der Waals surface area contributed by atoms with Gasteiger partial charge in [-0.15, -0.1) is 0 Å². The molecule has 3 heterocycles. The van der Waals surface area contributed by atoms with Crippen LogP contribution in [0.4, 0.5) is 0 Å². The molecule has 2 saturated carbocycles. The highest BCUT2D eigenvalue weighted by Gasteiger charge is 2.64. The Labute approximate surface area is 332 Å². The molecule has 3 aliphatic carbocycles. The Morgan fingerprint density at radius 1 is 1.05 bits per heavy atom. The van der Waals surface area contributed by atoms with Gasteiger partial charge in [-0.2, -0.15) is 0 Å². The topological polar surface area (TPSA) is 78.7 Å². The molecular weight excluding hydrogens is 683 g/mol. The van der Waals surface area contributed by atoms with Crippen molar-refractivity contribution in [2.45, 2.75) is 156 Å². The summed E-state index contributed by atoms with van der Waals surface area (Å²) in [5.41, 5.74) is 5.17. The number of piperidine rings is 1. The summed E-state index contributed by atoms with van der Waals surface area (Å²) >= 11 is 0. The first-order chi connectivity index (χ1) is 26.0. The Morgan fingerprint density at radius 3 is 2.55 bits per heavy atom. The molecule has 302 valence electrons. The van der Waals surface area contributed by atoms with Crippen LogP contribution in [0.3, 0.4) is 0 Å². The number of amides is 2. The number of carbonyl (C=O) groups is 3. The fourth-order valence-corrected chi connectivity index (χ4v) is 12.7. The standard InChI is InChI=1S/C48H71N3O4/c1-30(27-46(6,7)35-13-11-10-12-14-35)24-43(53)51-34(5)48(51,9)45(54)49-21-22-50-28-31(2)23-42-44(50)32(3)15-17-38-39-18-16-36-25-37(52)19-20-47(36,8)41(39)26-40(38)33(4)29-55-42/h10-14,25,30-32,34,38-39,41-42,44H,15-24,26-29H2,1-9H3,(H,49,54). The summed E-state index contributed by atoms with van der Waals surface area (Å²) in [6, 6.07) is 10.8. The zero-order valence-electron chi connectivity index (χ0n) is 35.6. The monoisotopic (exact) mass is 754 g/mol. The van der Waals surface area contributed by atoms with E-state index in [9.17, 15) is 14.4 Å². The third-order valence-electron chi connectivity index (χ3n) is 16.0. The van der Waals surface area contributed by atoms with Crippen molar-refractivity contribution in [1.29, 1.82) is 0 Å². The van der Waals surface area contributed by atoms with Crippen LogP contribution in [-0.4, -0.2) is 77.4 Å². The number of benzene rings is 1. The normalized spacial score (nSPS) is 37.2. The zero-order chi connectivity index (χ0) is 39.4. The Hall–Kier alpha value is -2.77. The molecule has 6 aliphatic rings. The lowest BCUT2D eigenvalue weighted by molar-refractivity contribution is -0.133. The van der Waals surface area contributed by atoms with Crippen molar-refractivity contribution in [2.75, 3.05) is 26.2 Å². The number of hydrogen-bond donors (Lipinski definition) is 1. The van der Waals surface area contributed by atoms with Crippen LogP contribution in [0.2, 0.25) is 0 Å². The molecule has 1 aromatic rings. The van der Waals surface area contributed by atoms with Crippen molar-refractivity contribution in [3.8, 4) is 0 Å². The van der Waals surface area contributed by atoms with Crippen molar-refractivity contribution in [3.05, 3.63) is 58.7 Å². The van der Waals surface area contributed by atoms with Gasteiger partial charge in [0.1, 0.15) is 5.54 Å². The van der Waals surface area contributed by atoms with E-state index < -0.39 is 5.54 Å². The summed E-state index contributed by atoms with van der Waals surface area (Å²) in [7, 11) is 0. The largest absolute Gasteiger partial charge is 0.372 e. The second-order valence-corrected chi connectivity index (χ2v) is 20.3. The lowest BCUT2D eigenvalue weighted by Gasteiger charge is -2.48. The molecule has 1 aromatic carbocycles. The van der Waals surface area contributed by atoms with Crippen LogP contribution >= 0.6 is 0 Å². The fraction of sp³-hybridized carbons (Fsp3) is 0.729. The Balaban J connectivity index is 0.962. The van der Waals surface area contributed by atoms with Crippen molar-refractivity contribution in [2.24, 2.45) is 40.9 Å². The molecule has 2 saturated heterocycles. The van der Waals surface area contributed by atoms with Crippen molar-refractivity contribution in [1.82, 2.24) is 15.1 Å². The average Bonchev–Trinajstić information content (AvgIpc) is 3.49. The summed E-state index contributed by atoms with van der Waals surface area (Å²) in [4.78, 5) is 44.2. The minimum Gasteiger partial charge on any atom is -0.372 e. The molecule has 0 radical (unpaired) electrons. The van der Waals surface area contributed by atoms with Gasteiger partial charge >= 0.3 is 0 Å². The first kappa shape index (κ1) is 40.4. The molecule has 0 spiro atoms. The quantitative estimate of drug-likeness (QED) is 0.202. The third kappa shape index (κ3) is 7.67. The van der Waals surface area contributed by atoms with E-state index in [0.29, 0.717) is 67.4 Å². The molecule has 0 aromatic heterocycles. The Morgan fingerprint density at radius 2 is 1.80 bits per heavy atom. The van der Waals surface area contributed by atoms with E-state index in [-0.39, 0.29) is 40.7 Å². The number of nitrogens with one attached hydrogen (secondary N) is 1. The predicted octanol–water partition coefficient (Wildman–Crippen LogP) is 8.67. The van der Waals surface area contributed by atoms with Gasteiger partial charge in [-0.05, 0) is 136 Å². The Bertz CT molecular complexity index is 1680. The molecule has 7 heteroatoms. The van der Waals surface area contributed by atoms with Gasteiger partial charge in [-0.3, -0.25) is 19.3 Å². The summed E-state index contributed by atoms with van der Waals surface area (Å²) in [5.74, 6) is 3.52. The smallest absolute Gasteiger partial charge is 0.247 e. The van der Waals surface area contributed by atoms with E-state index in [4.69, 9.17) is 4.74 Å². The number of likely N-dealkylation sites (tertiary alicyclic amines) is 1. The highest BCUT2D eigenvalue weighted by Crippen LogP contribution is 2.62. The van der Waals surface area contributed by atoms with Crippen molar-refractivity contribution >= 4 is 17.6 Å². The minimum atomic E-state index is -0.795. The highest BCUT2D eigenvalue weighted by atomic mass is 16.5. The first-order valence-electron chi connectivity index (χ1n) is 22.0. The number of hydrogen-bond acceptors (Lipinski definition) is 5. The number of allylic oxidation sites excluding steroid dienone is 3. The Kier molecular flexibility index (Phi) is 11.4. The number of rotatable bonds is 9. The van der Waals surface area contributed by atoms with Crippen LogP contribution in [0.1, 0.15) is 132 Å². The van der Waals surface area contributed by atoms with Crippen molar-refractivity contribution < 1.29 is 19.1 Å². The minimum absolute atomic E-state index is 0.0269. The number of carbonyl (C=O) groups excluding carboxylic acids is 3. The van der Waals surface area contributed by atoms with E-state index in [0.717, 1.165) is 38.8 Å². The maximum absolute atomic E-state index is 13.8. The van der Waals surface area contributed by atoms with Crippen molar-refractivity contribution in [3.63, 3.8) is 0 Å². The SMILES string of the molecule is CC1=C2CC3C(CCC4=CC(=O)CCC43C)C2CCC(C)C2C(CC(C)CN2CCNC(=O)C2(C)C(C)N2C(=O)CC(C)CC(C)(C)c2ccccc2)OC1. The molecule has 7 rings (SSSR count). The molecule has 11 atom stereocenters. The fourth-order valence-electron chi connectivity index (χ4n) is 12.7. The zero-order valence-corrected chi connectivity index (χ0v) is 35.6. The molecule has 2 amide bonds. The average molecular weight is 754 g/mol. The molecule has 11 unspecified atom stereocenters. The lowest BCUT2D eigenvalue weighted by Crippen LogP contribution is -2.57. The van der Waals surface area contributed by atoms with Gasteiger partial charge in [0.2, 0.25) is 11.8 Å². The summed E-state index contributed by atoms with van der Waals surface area (Å²) < 4.78 is 6.96. The molecule has 7 nitrogen and oxygen atoms in total. The summed E-state index contributed by atoms with van der Waals surface area (Å²) in [6.07, 6.45) is 12.2. The second kappa shape index (κ2) is 15.5. The van der Waals surface area contributed by atoms with Gasteiger partial charge in [-0.1, -0.05) is 83.0 Å². The van der Waals surface area contributed by atoms with E-state index in [1.807, 2.05) is 30.9 Å². The van der Waals surface area contributed by atoms with Gasteiger partial charge in [0.05, 0.1) is 18.8 Å². The molecule has 3 aliphatic heterocycles. The summed E-state index contributed by atoms with van der Waals surface area (Å²) in [6.45, 7) is 23.3. The van der Waals surface area contributed by atoms with E-state index in [1.54, 1.807) is 5.57 Å². The molecule has 4 fully saturated rings. The predicted molar refractivity (Wildman–Crippen MR) is 220 cm³/mol. The lowest BCUT2D eigenvalue weighted by atomic mass is 9.56. The van der Waals surface area contributed by atoms with Crippen LogP contribution in [0.15, 0.2) is 53.1 Å². The van der Waals surface area contributed by atoms with Gasteiger partial charge in [0.25, 0.3) is 0 Å². The maximum atomic E-state index is 13.8. The molecule has 55 heavy (non-hydrogen) atoms. The summed E-state index contributed by atoms with van der Waals surface area (Å²) in [5, 5.41) is 3.29. The number of ether oxygens (including phenoxy) is 1. The number of ketones is 1. The van der Waals surface area contributed by atoms with Crippen LogP contribution in [0.25, 0.3) is 0 Å². The van der Waals surface area contributed by atoms with Crippen LogP contribution in [-0.2, 0) is 24.5 Å². The first-order valence-corrected chi connectivity index (χ1v) is 22.0. The number of nitrogens with zero attached hydrogens (tertiary/aromatic N) is 2. The second-order valence-electron chi connectivity index (χ2n) is 20.3. The van der Waals surface area contributed by atoms with Gasteiger partial charge < -0.3 is 15.0 Å². The third-order valence-corrected chi connectivity index (χ3v) is 16.0. The van der Waals surface area contributed by atoms with Gasteiger partial charge in [0.15, 0.2) is 5.78 Å². The van der Waals surface area contributed by atoms with Gasteiger partial charge in [0, 0.05) is 38.5 Å². The molecule has 0 bridgehead atoms. The maximum Gasteiger partial charge on any atom is 0.247 e. The molecule has 1 N–H and O–H groups in total. The van der Waals surface area contributed by atoms with E-state index in [2.05, 4.69) is 82.9 Å². The van der Waals surface area contributed by atoms with E-state index >= 15 is 0 Å². The molecular formula is C48H71N3O4. The van der Waals surface area contributed by atoms with Crippen LogP contribution in [0, 0.1) is 40.9 Å².